The summed E-state index contributed by atoms with van der Waals surface area (Å²) in [4.78, 5) is 30.1. The Morgan fingerprint density at radius 2 is 2.28 bits per heavy atom. The Morgan fingerprint density at radius 1 is 1.56 bits per heavy atom. The molecular weight excluding hydrogens is 264 g/mol. The number of hydrogen-bond acceptors (Lipinski definition) is 8. The number of ether oxygens (including phenoxy) is 1. The van der Waals surface area contributed by atoms with E-state index >= 15 is 0 Å². The zero-order chi connectivity index (χ0) is 13.5. The number of hydrogen-bond donors (Lipinski definition) is 2. The van der Waals surface area contributed by atoms with Crippen molar-refractivity contribution in [1.29, 1.82) is 0 Å². The molecule has 98 valence electrons. The number of carboxylic acid groups (broad SMARTS) is 1. The third-order valence-corrected chi connectivity index (χ3v) is 2.14. The molecule has 1 aromatic rings. The smallest absolute Gasteiger partial charge is 0.413 e. The highest BCUT2D eigenvalue weighted by molar-refractivity contribution is 7.10. The van der Waals surface area contributed by atoms with E-state index in [2.05, 4.69) is 29.4 Å². The highest BCUT2D eigenvalue weighted by atomic mass is 32.1. The van der Waals surface area contributed by atoms with Crippen molar-refractivity contribution in [2.75, 3.05) is 19.0 Å². The fraction of sp³-hybridized carbons (Fsp3) is 0.375. The van der Waals surface area contributed by atoms with Crippen molar-refractivity contribution in [2.45, 2.75) is 6.92 Å². The molecule has 0 unspecified atom stereocenters. The van der Waals surface area contributed by atoms with Crippen molar-refractivity contribution in [3.8, 4) is 0 Å². The Morgan fingerprint density at radius 3 is 2.83 bits per heavy atom. The third-order valence-electron chi connectivity index (χ3n) is 1.51. The molecule has 1 rings (SSSR count). The molecule has 9 nitrogen and oxygen atoms in total. The molecule has 10 heteroatoms. The quantitative estimate of drug-likeness (QED) is 0.593. The number of aliphatic carboxylic acids is 1. The van der Waals surface area contributed by atoms with Crippen LogP contribution >= 0.6 is 11.5 Å². The lowest BCUT2D eigenvalue weighted by Crippen LogP contribution is -2.17. The van der Waals surface area contributed by atoms with E-state index in [9.17, 15) is 9.59 Å². The molecule has 0 bridgehead atoms. The van der Waals surface area contributed by atoms with E-state index in [0.29, 0.717) is 0 Å². The highest BCUT2D eigenvalue weighted by Crippen LogP contribution is 2.12. The van der Waals surface area contributed by atoms with Gasteiger partial charge < -0.3 is 14.7 Å². The summed E-state index contributed by atoms with van der Waals surface area (Å²) in [6.45, 7) is 1.86. The van der Waals surface area contributed by atoms with Gasteiger partial charge in [-0.3, -0.25) is 5.32 Å². The molecule has 0 radical (unpaired) electrons. The fourth-order valence-electron chi connectivity index (χ4n) is 0.892. The number of aromatic nitrogens is 2. The summed E-state index contributed by atoms with van der Waals surface area (Å²) >= 11 is 0.803. The van der Waals surface area contributed by atoms with Crippen molar-refractivity contribution >= 4 is 34.4 Å². The van der Waals surface area contributed by atoms with Gasteiger partial charge in [-0.2, -0.15) is 9.36 Å². The van der Waals surface area contributed by atoms with Crippen molar-refractivity contribution < 1.29 is 24.3 Å². The first kappa shape index (κ1) is 13.8. The Balaban J connectivity index is 2.82. The van der Waals surface area contributed by atoms with Crippen molar-refractivity contribution in [2.24, 2.45) is 5.16 Å². The van der Waals surface area contributed by atoms with E-state index in [1.54, 1.807) is 6.92 Å². The van der Waals surface area contributed by atoms with E-state index in [4.69, 9.17) is 5.11 Å². The van der Waals surface area contributed by atoms with Crippen LogP contribution < -0.4 is 5.32 Å². The van der Waals surface area contributed by atoms with Gasteiger partial charge in [0.25, 0.3) is 0 Å². The molecule has 0 spiro atoms. The number of carboxylic acids is 1. The number of carbonyl (C=O) groups is 2. The van der Waals surface area contributed by atoms with Crippen LogP contribution in [0.2, 0.25) is 0 Å². The van der Waals surface area contributed by atoms with Gasteiger partial charge in [0.1, 0.15) is 7.11 Å². The zero-order valence-corrected chi connectivity index (χ0v) is 10.4. The number of anilines is 1. The predicted octanol–water partition coefficient (Wildman–Crippen LogP) is 0.542. The van der Waals surface area contributed by atoms with Gasteiger partial charge in [-0.25, -0.2) is 9.59 Å². The summed E-state index contributed by atoms with van der Waals surface area (Å²) in [5.74, 6) is -1.49. The molecule has 18 heavy (non-hydrogen) atoms. The molecule has 1 aromatic heterocycles. The Kier molecular flexibility index (Phi) is 4.99. The van der Waals surface area contributed by atoms with Crippen LogP contribution in [0.5, 0.6) is 0 Å². The van der Waals surface area contributed by atoms with Gasteiger partial charge in [-0.1, -0.05) is 5.16 Å². The molecule has 0 atom stereocenters. The van der Waals surface area contributed by atoms with Gasteiger partial charge >= 0.3 is 12.1 Å². The molecule has 1 heterocycles. The minimum Gasteiger partial charge on any atom is -0.476 e. The second-order valence-electron chi connectivity index (χ2n) is 2.70. The average Bonchev–Trinajstić information content (AvgIpc) is 2.73. The van der Waals surface area contributed by atoms with Crippen LogP contribution in [0.3, 0.4) is 0 Å². The van der Waals surface area contributed by atoms with Gasteiger partial charge in [-0.05, 0) is 6.92 Å². The van der Waals surface area contributed by atoms with Crippen molar-refractivity contribution in [3.05, 3.63) is 5.82 Å². The first-order valence-corrected chi connectivity index (χ1v) is 5.48. The van der Waals surface area contributed by atoms with Crippen LogP contribution in [0, 0.1) is 0 Å². The van der Waals surface area contributed by atoms with Crippen LogP contribution in [0.25, 0.3) is 0 Å². The summed E-state index contributed by atoms with van der Waals surface area (Å²) in [6.07, 6.45) is -0.694. The van der Waals surface area contributed by atoms with E-state index in [0.717, 1.165) is 11.5 Å². The summed E-state index contributed by atoms with van der Waals surface area (Å²) < 4.78 is 8.37. The summed E-state index contributed by atoms with van der Waals surface area (Å²) in [7, 11) is 1.20. The maximum Gasteiger partial charge on any atom is 0.413 e. The van der Waals surface area contributed by atoms with Gasteiger partial charge in [0.05, 0.1) is 6.61 Å². The monoisotopic (exact) mass is 274 g/mol. The molecule has 0 saturated carbocycles. The Hall–Kier alpha value is -2.23. The van der Waals surface area contributed by atoms with Gasteiger partial charge in [0, 0.05) is 11.5 Å². The van der Waals surface area contributed by atoms with Crippen LogP contribution in [0.4, 0.5) is 9.93 Å². The topological polar surface area (TPSA) is 123 Å². The molecule has 2 N–H and O–H groups in total. The van der Waals surface area contributed by atoms with Crippen LogP contribution in [0.15, 0.2) is 5.16 Å². The lowest BCUT2D eigenvalue weighted by molar-refractivity contribution is -0.129. The number of nitrogens with one attached hydrogen (secondary N) is 1. The average molecular weight is 274 g/mol. The van der Waals surface area contributed by atoms with E-state index in [1.807, 2.05) is 0 Å². The zero-order valence-electron chi connectivity index (χ0n) is 9.54. The van der Waals surface area contributed by atoms with Crippen molar-refractivity contribution in [1.82, 2.24) is 9.36 Å². The maximum absolute atomic E-state index is 11.1. The highest BCUT2D eigenvalue weighted by Gasteiger charge is 2.20. The molecule has 0 aliphatic rings. The largest absolute Gasteiger partial charge is 0.476 e. The van der Waals surface area contributed by atoms with Crippen LogP contribution in [-0.2, 0) is 14.4 Å². The normalized spacial score (nSPS) is 10.9. The van der Waals surface area contributed by atoms with Gasteiger partial charge in [-0.15, -0.1) is 0 Å². The molecule has 0 fully saturated rings. The first-order valence-electron chi connectivity index (χ1n) is 4.70. The second-order valence-corrected chi connectivity index (χ2v) is 3.45. The maximum atomic E-state index is 11.1. The number of rotatable bonds is 5. The lowest BCUT2D eigenvalue weighted by atomic mass is 10.4. The van der Waals surface area contributed by atoms with Crippen molar-refractivity contribution in [3.63, 3.8) is 0 Å². The molecule has 0 aliphatic carbocycles. The number of amides is 1. The third kappa shape index (κ3) is 3.66. The molecule has 1 amide bonds. The lowest BCUT2D eigenvalue weighted by Gasteiger charge is -1.99. The minimum atomic E-state index is -1.34. The second kappa shape index (κ2) is 6.49. The summed E-state index contributed by atoms with van der Waals surface area (Å²) in [5, 5.41) is 14.5. The fourth-order valence-corrected chi connectivity index (χ4v) is 1.45. The van der Waals surface area contributed by atoms with E-state index in [-0.39, 0.29) is 17.6 Å². The van der Waals surface area contributed by atoms with E-state index in [1.165, 1.54) is 7.11 Å². The number of nitrogens with zero attached hydrogens (tertiary/aromatic N) is 3. The summed E-state index contributed by atoms with van der Waals surface area (Å²) in [6, 6.07) is 0. The standard InChI is InChI=1S/C8H10N4O5S/c1-3-17-8(15)10-7-9-5(12-18-7)4(6(13)14)11-16-2/h3H2,1-2H3,(H,13,14)(H,9,10,12,15)/b11-4-. The number of oxime groups is 1. The summed E-state index contributed by atoms with van der Waals surface area (Å²) in [5.41, 5.74) is -0.453. The molecule has 0 saturated heterocycles. The van der Waals surface area contributed by atoms with Gasteiger partial charge in [0.2, 0.25) is 16.7 Å². The molecule has 0 aromatic carbocycles. The SMILES string of the molecule is CCOC(=O)Nc1nc(/C(=N/OC)C(=O)O)ns1. The van der Waals surface area contributed by atoms with E-state index < -0.39 is 17.8 Å². The molecular formula is C8H10N4O5S. The van der Waals surface area contributed by atoms with Gasteiger partial charge in [0.15, 0.2) is 0 Å². The first-order chi connectivity index (χ1) is 8.58. The van der Waals surface area contributed by atoms with Crippen LogP contribution in [-0.4, -0.2) is 46.0 Å². The number of carbonyl (C=O) groups excluding carboxylic acids is 1. The molecule has 0 aliphatic heterocycles. The minimum absolute atomic E-state index is 0.105. The predicted molar refractivity (Wildman–Crippen MR) is 61.7 cm³/mol. The van der Waals surface area contributed by atoms with Crippen LogP contribution in [0.1, 0.15) is 12.7 Å². The Bertz CT molecular complexity index is 472. The Labute approximate surface area is 106 Å².